The average molecular weight is 241 g/mol. The van der Waals surface area contributed by atoms with Gasteiger partial charge in [0.15, 0.2) is 0 Å². The lowest BCUT2D eigenvalue weighted by molar-refractivity contribution is 0.00412. The van der Waals surface area contributed by atoms with E-state index < -0.39 is 0 Å². The number of ether oxygens (including phenoxy) is 2. The highest BCUT2D eigenvalue weighted by Gasteiger charge is 2.43. The van der Waals surface area contributed by atoms with Crippen molar-refractivity contribution in [2.24, 2.45) is 5.41 Å². The third-order valence-electron chi connectivity index (χ3n) is 4.46. The summed E-state index contributed by atoms with van der Waals surface area (Å²) in [5.74, 6) is 0. The van der Waals surface area contributed by atoms with Crippen LogP contribution < -0.4 is 5.32 Å². The molecule has 100 valence electrons. The van der Waals surface area contributed by atoms with Crippen molar-refractivity contribution in [1.82, 2.24) is 5.32 Å². The van der Waals surface area contributed by atoms with Crippen LogP contribution in [-0.2, 0) is 9.47 Å². The van der Waals surface area contributed by atoms with E-state index in [1.54, 1.807) is 0 Å². The van der Waals surface area contributed by atoms with Gasteiger partial charge in [-0.05, 0) is 51.0 Å². The van der Waals surface area contributed by atoms with Gasteiger partial charge in [0.1, 0.15) is 0 Å². The molecule has 2 aliphatic rings. The molecule has 2 rings (SSSR count). The zero-order valence-corrected chi connectivity index (χ0v) is 11.2. The molecule has 1 aliphatic heterocycles. The smallest absolute Gasteiger partial charge is 0.0477 e. The van der Waals surface area contributed by atoms with Crippen LogP contribution in [0, 0.1) is 5.41 Å². The molecule has 0 aromatic carbocycles. The van der Waals surface area contributed by atoms with E-state index in [-0.39, 0.29) is 0 Å². The van der Waals surface area contributed by atoms with Crippen molar-refractivity contribution in [2.45, 2.75) is 51.5 Å². The first-order chi connectivity index (χ1) is 8.37. The summed E-state index contributed by atoms with van der Waals surface area (Å²) in [6.45, 7) is 6.83. The largest absolute Gasteiger partial charge is 0.382 e. The second-order valence-corrected chi connectivity index (χ2v) is 5.42. The molecule has 17 heavy (non-hydrogen) atoms. The van der Waals surface area contributed by atoms with Crippen molar-refractivity contribution in [1.29, 1.82) is 0 Å². The molecule has 1 spiro atoms. The standard InChI is InChI=1S/C14H27NO2/c1-2-16-10-4-9-15-13-5-3-6-14(13)7-11-17-12-8-14/h13,15H,2-12H2,1H3. The Labute approximate surface area is 105 Å². The minimum Gasteiger partial charge on any atom is -0.382 e. The lowest BCUT2D eigenvalue weighted by atomic mass is 9.75. The summed E-state index contributed by atoms with van der Waals surface area (Å²) < 4.78 is 10.9. The Hall–Kier alpha value is -0.120. The van der Waals surface area contributed by atoms with Crippen LogP contribution in [0.3, 0.4) is 0 Å². The van der Waals surface area contributed by atoms with Crippen LogP contribution in [0.25, 0.3) is 0 Å². The Bertz CT molecular complexity index is 214. The van der Waals surface area contributed by atoms with Gasteiger partial charge in [0.05, 0.1) is 0 Å². The lowest BCUT2D eigenvalue weighted by Crippen LogP contribution is -2.45. The Balaban J connectivity index is 1.71. The molecule has 0 aromatic rings. The monoisotopic (exact) mass is 241 g/mol. The Kier molecular flexibility index (Phi) is 5.26. The SMILES string of the molecule is CCOCCCNC1CCCC12CCOCC2. The summed E-state index contributed by atoms with van der Waals surface area (Å²) in [7, 11) is 0. The van der Waals surface area contributed by atoms with E-state index >= 15 is 0 Å². The molecule has 2 fully saturated rings. The van der Waals surface area contributed by atoms with Crippen LogP contribution in [0.5, 0.6) is 0 Å². The van der Waals surface area contributed by atoms with Gasteiger partial charge in [0.2, 0.25) is 0 Å². The van der Waals surface area contributed by atoms with Crippen molar-refractivity contribution in [3.8, 4) is 0 Å². The third kappa shape index (κ3) is 3.43. The minimum absolute atomic E-state index is 0.559. The van der Waals surface area contributed by atoms with E-state index in [0.717, 1.165) is 45.4 Å². The fourth-order valence-electron chi connectivity index (χ4n) is 3.43. The summed E-state index contributed by atoms with van der Waals surface area (Å²) in [4.78, 5) is 0. The van der Waals surface area contributed by atoms with Crippen molar-refractivity contribution >= 4 is 0 Å². The highest BCUT2D eigenvalue weighted by molar-refractivity contribution is 4.97. The zero-order chi connectivity index (χ0) is 12.0. The molecule has 0 amide bonds. The molecule has 1 saturated carbocycles. The highest BCUT2D eigenvalue weighted by Crippen LogP contribution is 2.45. The van der Waals surface area contributed by atoms with E-state index in [1.807, 2.05) is 0 Å². The van der Waals surface area contributed by atoms with Gasteiger partial charge in [-0.15, -0.1) is 0 Å². The predicted molar refractivity (Wildman–Crippen MR) is 69.2 cm³/mol. The van der Waals surface area contributed by atoms with E-state index in [4.69, 9.17) is 9.47 Å². The Morgan fingerprint density at radius 2 is 2.12 bits per heavy atom. The topological polar surface area (TPSA) is 30.5 Å². The number of nitrogens with one attached hydrogen (secondary N) is 1. The van der Waals surface area contributed by atoms with E-state index in [9.17, 15) is 0 Å². The van der Waals surface area contributed by atoms with Gasteiger partial charge in [-0.3, -0.25) is 0 Å². The minimum atomic E-state index is 0.559. The highest BCUT2D eigenvalue weighted by atomic mass is 16.5. The number of rotatable bonds is 6. The molecule has 3 heteroatoms. The van der Waals surface area contributed by atoms with Gasteiger partial charge >= 0.3 is 0 Å². The van der Waals surface area contributed by atoms with Crippen LogP contribution in [-0.4, -0.2) is 39.0 Å². The first kappa shape index (κ1) is 13.3. The molecule has 0 aromatic heterocycles. The molecule has 3 nitrogen and oxygen atoms in total. The van der Waals surface area contributed by atoms with Crippen molar-refractivity contribution in [3.05, 3.63) is 0 Å². The van der Waals surface area contributed by atoms with Crippen molar-refractivity contribution < 1.29 is 9.47 Å². The summed E-state index contributed by atoms with van der Waals surface area (Å²) in [5, 5.41) is 3.77. The zero-order valence-electron chi connectivity index (χ0n) is 11.2. The molecular weight excluding hydrogens is 214 g/mol. The first-order valence-corrected chi connectivity index (χ1v) is 7.26. The van der Waals surface area contributed by atoms with Crippen LogP contribution >= 0.6 is 0 Å². The summed E-state index contributed by atoms with van der Waals surface area (Å²) >= 11 is 0. The van der Waals surface area contributed by atoms with Gasteiger partial charge in [0.25, 0.3) is 0 Å². The first-order valence-electron chi connectivity index (χ1n) is 7.26. The molecule has 0 bridgehead atoms. The summed E-state index contributed by atoms with van der Waals surface area (Å²) in [6, 6.07) is 0.730. The quantitative estimate of drug-likeness (QED) is 0.724. The molecule has 0 radical (unpaired) electrons. The molecule has 1 aliphatic carbocycles. The molecule has 1 unspecified atom stereocenters. The predicted octanol–water partition coefficient (Wildman–Crippen LogP) is 2.35. The van der Waals surface area contributed by atoms with E-state index in [0.29, 0.717) is 5.41 Å². The fraction of sp³-hybridized carbons (Fsp3) is 1.00. The molecular formula is C14H27NO2. The molecule has 1 N–H and O–H groups in total. The van der Waals surface area contributed by atoms with Gasteiger partial charge < -0.3 is 14.8 Å². The number of hydrogen-bond acceptors (Lipinski definition) is 3. The molecule has 1 saturated heterocycles. The summed E-state index contributed by atoms with van der Waals surface area (Å²) in [5.41, 5.74) is 0.559. The maximum atomic E-state index is 5.51. The maximum Gasteiger partial charge on any atom is 0.0477 e. The maximum absolute atomic E-state index is 5.51. The Morgan fingerprint density at radius 3 is 2.88 bits per heavy atom. The number of hydrogen-bond donors (Lipinski definition) is 1. The average Bonchev–Trinajstić information content (AvgIpc) is 2.73. The van der Waals surface area contributed by atoms with E-state index in [1.165, 1.54) is 32.1 Å². The van der Waals surface area contributed by atoms with Crippen LogP contribution in [0.1, 0.15) is 45.4 Å². The van der Waals surface area contributed by atoms with Gasteiger partial charge in [0, 0.05) is 32.5 Å². The third-order valence-corrected chi connectivity index (χ3v) is 4.46. The molecule has 1 heterocycles. The van der Waals surface area contributed by atoms with Crippen molar-refractivity contribution in [3.63, 3.8) is 0 Å². The summed E-state index contributed by atoms with van der Waals surface area (Å²) in [6.07, 6.45) is 7.81. The second-order valence-electron chi connectivity index (χ2n) is 5.42. The molecule has 1 atom stereocenters. The van der Waals surface area contributed by atoms with E-state index in [2.05, 4.69) is 12.2 Å². The van der Waals surface area contributed by atoms with Gasteiger partial charge in [-0.1, -0.05) is 6.42 Å². The van der Waals surface area contributed by atoms with Crippen LogP contribution in [0.2, 0.25) is 0 Å². The van der Waals surface area contributed by atoms with Gasteiger partial charge in [-0.25, -0.2) is 0 Å². The fourth-order valence-corrected chi connectivity index (χ4v) is 3.43. The normalized spacial score (nSPS) is 27.7. The van der Waals surface area contributed by atoms with Crippen LogP contribution in [0.15, 0.2) is 0 Å². The van der Waals surface area contributed by atoms with Gasteiger partial charge in [-0.2, -0.15) is 0 Å². The second kappa shape index (κ2) is 6.72. The Morgan fingerprint density at radius 1 is 1.29 bits per heavy atom. The van der Waals surface area contributed by atoms with Crippen molar-refractivity contribution in [2.75, 3.05) is 33.0 Å². The lowest BCUT2D eigenvalue weighted by Gasteiger charge is -2.39. The van der Waals surface area contributed by atoms with Crippen LogP contribution in [0.4, 0.5) is 0 Å².